The van der Waals surface area contributed by atoms with Gasteiger partial charge in [0.2, 0.25) is 0 Å². The quantitative estimate of drug-likeness (QED) is 0.761. The van der Waals surface area contributed by atoms with Crippen molar-refractivity contribution in [3.63, 3.8) is 0 Å². The number of nitrogens with zero attached hydrogens (tertiary/aromatic N) is 4. The molecule has 1 aromatic heterocycles. The fraction of sp³-hybridized carbons (Fsp3) is 0.700. The van der Waals surface area contributed by atoms with Crippen LogP contribution in [0.1, 0.15) is 0 Å². The summed E-state index contributed by atoms with van der Waals surface area (Å²) in [5.74, 6) is 0.556. The number of hydrogen-bond donors (Lipinski definition) is 0. The summed E-state index contributed by atoms with van der Waals surface area (Å²) in [6.45, 7) is 3.03. The molecule has 0 saturated carbocycles. The van der Waals surface area contributed by atoms with Gasteiger partial charge in [-0.05, 0) is 0 Å². The molecule has 0 radical (unpaired) electrons. The number of halogens is 2. The Morgan fingerprint density at radius 1 is 1.32 bits per heavy atom. The van der Waals surface area contributed by atoms with Crippen LogP contribution in [-0.4, -0.2) is 66.0 Å². The average Bonchev–Trinajstić information content (AvgIpc) is 2.70. The molecule has 0 amide bonds. The maximum atomic E-state index is 12.5. The van der Waals surface area contributed by atoms with Crippen LogP contribution in [0.3, 0.4) is 0 Å². The molecule has 1 saturated heterocycles. The summed E-state index contributed by atoms with van der Waals surface area (Å²) >= 11 is 11.6. The van der Waals surface area contributed by atoms with Crippen LogP contribution in [0.5, 0.6) is 0 Å². The molecular formula is C10H16Cl2N4O2S. The van der Waals surface area contributed by atoms with Crippen LogP contribution in [0.25, 0.3) is 0 Å². The zero-order chi connectivity index (χ0) is 14.0. The molecule has 6 nitrogen and oxygen atoms in total. The standard InChI is InChI=1S/C10H16Cl2N4O2S/c1-14-10(9(12)8-13-14)19(17,18)16-6-4-15(3-2-11)5-7-16/h8H,2-7H2,1H3. The highest BCUT2D eigenvalue weighted by Crippen LogP contribution is 2.24. The van der Waals surface area contributed by atoms with Gasteiger partial charge in [0.25, 0.3) is 10.0 Å². The van der Waals surface area contributed by atoms with Gasteiger partial charge < -0.3 is 0 Å². The lowest BCUT2D eigenvalue weighted by molar-refractivity contribution is 0.197. The van der Waals surface area contributed by atoms with E-state index in [1.165, 1.54) is 15.2 Å². The van der Waals surface area contributed by atoms with Gasteiger partial charge in [0, 0.05) is 45.7 Å². The van der Waals surface area contributed by atoms with Crippen molar-refractivity contribution >= 4 is 33.2 Å². The first-order chi connectivity index (χ1) is 8.96. The lowest BCUT2D eigenvalue weighted by Crippen LogP contribution is -2.49. The van der Waals surface area contributed by atoms with E-state index in [1.807, 2.05) is 0 Å². The van der Waals surface area contributed by atoms with Crippen molar-refractivity contribution < 1.29 is 8.42 Å². The molecular weight excluding hydrogens is 311 g/mol. The summed E-state index contributed by atoms with van der Waals surface area (Å²) in [4.78, 5) is 2.14. The molecule has 9 heteroatoms. The first kappa shape index (κ1) is 15.1. The summed E-state index contributed by atoms with van der Waals surface area (Å²) < 4.78 is 27.7. The topological polar surface area (TPSA) is 58.4 Å². The molecule has 2 heterocycles. The van der Waals surface area contributed by atoms with Crippen molar-refractivity contribution in [1.29, 1.82) is 0 Å². The Morgan fingerprint density at radius 3 is 2.42 bits per heavy atom. The van der Waals surface area contributed by atoms with Crippen molar-refractivity contribution in [1.82, 2.24) is 19.0 Å². The number of sulfonamides is 1. The largest absolute Gasteiger partial charge is 0.300 e. The Balaban J connectivity index is 2.15. The Hall–Kier alpha value is -0.340. The second kappa shape index (κ2) is 5.97. The number of rotatable bonds is 4. The molecule has 108 valence electrons. The van der Waals surface area contributed by atoms with Crippen LogP contribution in [0.4, 0.5) is 0 Å². The third-order valence-electron chi connectivity index (χ3n) is 3.16. The molecule has 0 atom stereocenters. The molecule has 1 aliphatic rings. The monoisotopic (exact) mass is 326 g/mol. The van der Waals surface area contributed by atoms with E-state index < -0.39 is 10.0 Å². The molecule has 1 aliphatic heterocycles. The Labute approximate surface area is 122 Å². The van der Waals surface area contributed by atoms with Gasteiger partial charge in [-0.1, -0.05) is 11.6 Å². The Morgan fingerprint density at radius 2 is 1.95 bits per heavy atom. The zero-order valence-corrected chi connectivity index (χ0v) is 12.9. The SMILES string of the molecule is Cn1ncc(Cl)c1S(=O)(=O)N1CCN(CCCl)CC1. The maximum absolute atomic E-state index is 12.5. The van der Waals surface area contributed by atoms with E-state index >= 15 is 0 Å². The Kier molecular flexibility index (Phi) is 4.73. The molecule has 1 aromatic rings. The van der Waals surface area contributed by atoms with Gasteiger partial charge >= 0.3 is 0 Å². The fourth-order valence-electron chi connectivity index (χ4n) is 2.12. The van der Waals surface area contributed by atoms with Crippen molar-refractivity contribution in [2.75, 3.05) is 38.6 Å². The molecule has 0 aliphatic carbocycles. The smallest absolute Gasteiger partial charge is 0.261 e. The van der Waals surface area contributed by atoms with E-state index in [4.69, 9.17) is 23.2 Å². The third-order valence-corrected chi connectivity index (χ3v) is 5.73. The second-order valence-electron chi connectivity index (χ2n) is 4.36. The lowest BCUT2D eigenvalue weighted by atomic mass is 10.4. The lowest BCUT2D eigenvalue weighted by Gasteiger charge is -2.33. The van der Waals surface area contributed by atoms with E-state index in [9.17, 15) is 8.42 Å². The van der Waals surface area contributed by atoms with E-state index in [1.54, 1.807) is 7.05 Å². The van der Waals surface area contributed by atoms with E-state index in [0.29, 0.717) is 32.1 Å². The minimum absolute atomic E-state index is 0.0555. The molecule has 0 aromatic carbocycles. The number of alkyl halides is 1. The number of hydrogen-bond acceptors (Lipinski definition) is 4. The van der Waals surface area contributed by atoms with Gasteiger partial charge in [-0.2, -0.15) is 9.40 Å². The van der Waals surface area contributed by atoms with E-state index in [0.717, 1.165) is 6.54 Å². The van der Waals surface area contributed by atoms with E-state index in [2.05, 4.69) is 10.00 Å². The summed E-state index contributed by atoms with van der Waals surface area (Å²) in [6.07, 6.45) is 1.35. The molecule has 0 N–H and O–H groups in total. The normalized spacial score (nSPS) is 18.9. The molecule has 0 bridgehead atoms. The Bertz CT molecular complexity index is 518. The predicted molar refractivity (Wildman–Crippen MR) is 74.1 cm³/mol. The summed E-state index contributed by atoms with van der Waals surface area (Å²) in [5, 5.41) is 4.09. The molecule has 1 fully saturated rings. The number of piperazine rings is 1. The minimum Gasteiger partial charge on any atom is -0.300 e. The second-order valence-corrected chi connectivity index (χ2v) is 6.99. The van der Waals surface area contributed by atoms with Crippen LogP contribution in [0.15, 0.2) is 11.2 Å². The van der Waals surface area contributed by atoms with Crippen molar-refractivity contribution in [3.05, 3.63) is 11.2 Å². The fourth-order valence-corrected chi connectivity index (χ4v) is 4.39. The van der Waals surface area contributed by atoms with Crippen LogP contribution in [0.2, 0.25) is 5.02 Å². The summed E-state index contributed by atoms with van der Waals surface area (Å²) in [7, 11) is -2.00. The van der Waals surface area contributed by atoms with Crippen molar-refractivity contribution in [2.45, 2.75) is 5.03 Å². The minimum atomic E-state index is -3.58. The highest BCUT2D eigenvalue weighted by atomic mass is 35.5. The highest BCUT2D eigenvalue weighted by molar-refractivity contribution is 7.89. The van der Waals surface area contributed by atoms with Crippen LogP contribution in [-0.2, 0) is 17.1 Å². The molecule has 0 unspecified atom stereocenters. The first-order valence-corrected chi connectivity index (χ1v) is 8.28. The molecule has 0 spiro atoms. The van der Waals surface area contributed by atoms with E-state index in [-0.39, 0.29) is 10.0 Å². The average molecular weight is 327 g/mol. The first-order valence-electron chi connectivity index (χ1n) is 5.93. The molecule has 19 heavy (non-hydrogen) atoms. The van der Waals surface area contributed by atoms with Gasteiger partial charge in [0.15, 0.2) is 5.03 Å². The van der Waals surface area contributed by atoms with Crippen molar-refractivity contribution in [2.24, 2.45) is 7.05 Å². The van der Waals surface area contributed by atoms with Crippen LogP contribution < -0.4 is 0 Å². The van der Waals surface area contributed by atoms with Gasteiger partial charge in [0.05, 0.1) is 11.2 Å². The maximum Gasteiger partial charge on any atom is 0.261 e. The van der Waals surface area contributed by atoms with Crippen molar-refractivity contribution in [3.8, 4) is 0 Å². The predicted octanol–water partition coefficient (Wildman–Crippen LogP) is 0.619. The van der Waals surface area contributed by atoms with Gasteiger partial charge in [-0.3, -0.25) is 9.58 Å². The summed E-state index contributed by atoms with van der Waals surface area (Å²) in [6, 6.07) is 0. The number of aromatic nitrogens is 2. The highest BCUT2D eigenvalue weighted by Gasteiger charge is 2.32. The van der Waals surface area contributed by atoms with Crippen LogP contribution in [0, 0.1) is 0 Å². The summed E-state index contributed by atoms with van der Waals surface area (Å²) in [5.41, 5.74) is 0. The number of aryl methyl sites for hydroxylation is 1. The van der Waals surface area contributed by atoms with Gasteiger partial charge in [-0.15, -0.1) is 11.6 Å². The van der Waals surface area contributed by atoms with Crippen LogP contribution >= 0.6 is 23.2 Å². The third kappa shape index (κ3) is 3.05. The zero-order valence-electron chi connectivity index (χ0n) is 10.6. The van der Waals surface area contributed by atoms with Gasteiger partial charge in [0.1, 0.15) is 0 Å². The molecule has 2 rings (SSSR count). The van der Waals surface area contributed by atoms with Gasteiger partial charge in [-0.25, -0.2) is 8.42 Å².